The van der Waals surface area contributed by atoms with Crippen LogP contribution in [0.3, 0.4) is 0 Å². The number of nitriles is 1. The highest BCUT2D eigenvalue weighted by Crippen LogP contribution is 2.34. The highest BCUT2D eigenvalue weighted by molar-refractivity contribution is 7.89. The molecular weight excluding hydrogens is 340 g/mol. The summed E-state index contributed by atoms with van der Waals surface area (Å²) in [6.45, 7) is 0.834. The molecule has 0 aromatic carbocycles. The Morgan fingerprint density at radius 1 is 1.36 bits per heavy atom. The van der Waals surface area contributed by atoms with Crippen LogP contribution < -0.4 is 0 Å². The molecule has 1 aliphatic heterocycles. The largest absolute Gasteiger partial charge is 0.345 e. The second-order valence-corrected chi connectivity index (χ2v) is 8.12. The second kappa shape index (κ2) is 6.06. The number of nitrogens with zero attached hydrogens (tertiary/aromatic N) is 5. The van der Waals surface area contributed by atoms with Gasteiger partial charge in [0, 0.05) is 36.3 Å². The highest BCUT2D eigenvalue weighted by atomic mass is 32.2. The molecule has 3 aromatic rings. The van der Waals surface area contributed by atoms with Crippen molar-refractivity contribution in [1.82, 2.24) is 24.5 Å². The maximum absolute atomic E-state index is 12.3. The van der Waals surface area contributed by atoms with Crippen molar-refractivity contribution in [2.75, 3.05) is 18.8 Å². The van der Waals surface area contributed by atoms with Crippen LogP contribution in [0.1, 0.15) is 24.3 Å². The summed E-state index contributed by atoms with van der Waals surface area (Å²) in [6, 6.07) is 5.62. The van der Waals surface area contributed by atoms with Gasteiger partial charge in [-0.1, -0.05) is 0 Å². The molecule has 4 rings (SSSR count). The molecule has 8 nitrogen and oxygen atoms in total. The van der Waals surface area contributed by atoms with Gasteiger partial charge in [0.05, 0.1) is 6.07 Å². The van der Waals surface area contributed by atoms with Gasteiger partial charge in [-0.2, -0.15) is 5.26 Å². The fourth-order valence-corrected chi connectivity index (χ4v) is 4.68. The molecule has 3 aromatic heterocycles. The number of aromatic amines is 1. The van der Waals surface area contributed by atoms with E-state index in [-0.39, 0.29) is 5.92 Å². The standard InChI is InChI=1S/C16H16N6O2S/c17-5-9-25(23,24)22-8-1-2-11(10-22)12-3-6-19-16-14(12)13-4-7-18-15(13)20-21-16/h3-4,6-7,11H,1-2,8-10H2,(H,18,20). The summed E-state index contributed by atoms with van der Waals surface area (Å²) in [5, 5.41) is 18.9. The molecule has 1 aliphatic rings. The zero-order chi connectivity index (χ0) is 17.4. The molecule has 4 heterocycles. The minimum Gasteiger partial charge on any atom is -0.345 e. The molecular formula is C16H16N6O2S. The first-order valence-corrected chi connectivity index (χ1v) is 9.64. The minimum atomic E-state index is -3.54. The third-order valence-electron chi connectivity index (χ3n) is 4.67. The average Bonchev–Trinajstić information content (AvgIpc) is 3.10. The van der Waals surface area contributed by atoms with Crippen LogP contribution >= 0.6 is 0 Å². The van der Waals surface area contributed by atoms with Crippen LogP contribution in [0, 0.1) is 11.3 Å². The molecule has 1 fully saturated rings. The van der Waals surface area contributed by atoms with Gasteiger partial charge < -0.3 is 4.98 Å². The van der Waals surface area contributed by atoms with Crippen molar-refractivity contribution in [2.24, 2.45) is 0 Å². The first-order valence-electron chi connectivity index (χ1n) is 8.03. The van der Waals surface area contributed by atoms with E-state index in [0.717, 1.165) is 29.2 Å². The topological polar surface area (TPSA) is 116 Å². The smallest absolute Gasteiger partial charge is 0.227 e. The monoisotopic (exact) mass is 356 g/mol. The van der Waals surface area contributed by atoms with Crippen LogP contribution in [0.15, 0.2) is 24.5 Å². The Morgan fingerprint density at radius 3 is 3.08 bits per heavy atom. The number of rotatable bonds is 3. The molecule has 25 heavy (non-hydrogen) atoms. The predicted molar refractivity (Wildman–Crippen MR) is 92.1 cm³/mol. The van der Waals surface area contributed by atoms with Crippen molar-refractivity contribution >= 4 is 32.1 Å². The Bertz CT molecular complexity index is 1080. The Hall–Kier alpha value is -2.57. The number of hydrogen-bond donors (Lipinski definition) is 1. The molecule has 1 atom stereocenters. The van der Waals surface area contributed by atoms with Crippen LogP contribution in [0.4, 0.5) is 0 Å². The number of pyridine rings is 1. The van der Waals surface area contributed by atoms with Crippen LogP contribution in [0.25, 0.3) is 22.1 Å². The van der Waals surface area contributed by atoms with E-state index in [9.17, 15) is 8.42 Å². The van der Waals surface area contributed by atoms with Crippen molar-refractivity contribution in [1.29, 1.82) is 5.26 Å². The van der Waals surface area contributed by atoms with E-state index >= 15 is 0 Å². The number of hydrogen-bond acceptors (Lipinski definition) is 6. The molecule has 0 amide bonds. The first kappa shape index (κ1) is 15.9. The number of piperidine rings is 1. The number of H-pyrrole nitrogens is 1. The Balaban J connectivity index is 1.79. The van der Waals surface area contributed by atoms with Crippen molar-refractivity contribution < 1.29 is 8.42 Å². The second-order valence-electron chi connectivity index (χ2n) is 6.15. The van der Waals surface area contributed by atoms with E-state index in [1.165, 1.54) is 4.31 Å². The maximum atomic E-state index is 12.3. The molecule has 128 valence electrons. The fourth-order valence-electron chi connectivity index (χ4n) is 3.52. The number of nitrogens with one attached hydrogen (secondary N) is 1. The van der Waals surface area contributed by atoms with Gasteiger partial charge in [0.25, 0.3) is 0 Å². The Labute approximate surface area is 144 Å². The van der Waals surface area contributed by atoms with Gasteiger partial charge in [-0.25, -0.2) is 17.7 Å². The normalized spacial score (nSPS) is 19.2. The Morgan fingerprint density at radius 2 is 2.24 bits per heavy atom. The third-order valence-corrected chi connectivity index (χ3v) is 6.28. The van der Waals surface area contributed by atoms with Gasteiger partial charge in [0.1, 0.15) is 0 Å². The van der Waals surface area contributed by atoms with Gasteiger partial charge >= 0.3 is 0 Å². The quantitative estimate of drug-likeness (QED) is 0.761. The van der Waals surface area contributed by atoms with Crippen LogP contribution in [0.2, 0.25) is 0 Å². The van der Waals surface area contributed by atoms with E-state index in [2.05, 4.69) is 20.2 Å². The lowest BCUT2D eigenvalue weighted by Gasteiger charge is -2.32. The molecule has 9 heteroatoms. The molecule has 0 saturated carbocycles. The van der Waals surface area contributed by atoms with Crippen molar-refractivity contribution in [3.05, 3.63) is 30.1 Å². The van der Waals surface area contributed by atoms with Crippen molar-refractivity contribution in [3.63, 3.8) is 0 Å². The van der Waals surface area contributed by atoms with E-state index < -0.39 is 15.8 Å². The molecule has 0 radical (unpaired) electrons. The summed E-state index contributed by atoms with van der Waals surface area (Å²) >= 11 is 0. The minimum absolute atomic E-state index is 0.0371. The first-order chi connectivity index (χ1) is 12.1. The predicted octanol–water partition coefficient (Wildman–Crippen LogP) is 1.54. The molecule has 1 saturated heterocycles. The highest BCUT2D eigenvalue weighted by Gasteiger charge is 2.30. The van der Waals surface area contributed by atoms with Gasteiger partial charge in [-0.3, -0.25) is 0 Å². The average molecular weight is 356 g/mol. The van der Waals surface area contributed by atoms with Crippen molar-refractivity contribution in [2.45, 2.75) is 18.8 Å². The summed E-state index contributed by atoms with van der Waals surface area (Å²) in [5.41, 5.74) is 2.27. The number of sulfonamides is 1. The lowest BCUT2D eigenvalue weighted by atomic mass is 9.89. The summed E-state index contributed by atoms with van der Waals surface area (Å²) in [5.74, 6) is -0.445. The van der Waals surface area contributed by atoms with Crippen LogP contribution in [-0.2, 0) is 10.0 Å². The lowest BCUT2D eigenvalue weighted by molar-refractivity contribution is 0.317. The van der Waals surface area contributed by atoms with Gasteiger partial charge in [-0.15, -0.1) is 10.2 Å². The lowest BCUT2D eigenvalue weighted by Crippen LogP contribution is -2.40. The molecule has 0 aliphatic carbocycles. The zero-order valence-corrected chi connectivity index (χ0v) is 14.2. The summed E-state index contributed by atoms with van der Waals surface area (Å²) in [7, 11) is -3.54. The maximum Gasteiger partial charge on any atom is 0.227 e. The fraction of sp³-hybridized carbons (Fsp3) is 0.375. The summed E-state index contributed by atoms with van der Waals surface area (Å²) < 4.78 is 26.0. The van der Waals surface area contributed by atoms with Crippen LogP contribution in [0.5, 0.6) is 0 Å². The van der Waals surface area contributed by atoms with E-state index in [1.54, 1.807) is 18.5 Å². The van der Waals surface area contributed by atoms with Gasteiger partial charge in [0.15, 0.2) is 17.0 Å². The molecule has 0 spiro atoms. The number of fused-ring (bicyclic) bond motifs is 3. The van der Waals surface area contributed by atoms with Gasteiger partial charge in [-0.05, 0) is 36.5 Å². The van der Waals surface area contributed by atoms with E-state index in [1.807, 2.05) is 12.1 Å². The summed E-state index contributed by atoms with van der Waals surface area (Å²) in [4.78, 5) is 7.35. The Kier molecular flexibility index (Phi) is 3.86. The molecule has 1 unspecified atom stereocenters. The number of aromatic nitrogens is 4. The molecule has 0 bridgehead atoms. The SMILES string of the molecule is N#CCS(=O)(=O)N1CCCC(c2ccnc3nnc4[nH]ccc4c23)C1. The van der Waals surface area contributed by atoms with Gasteiger partial charge in [0.2, 0.25) is 10.0 Å². The zero-order valence-electron chi connectivity index (χ0n) is 13.4. The summed E-state index contributed by atoms with van der Waals surface area (Å²) in [6.07, 6.45) is 5.13. The van der Waals surface area contributed by atoms with Crippen molar-refractivity contribution in [3.8, 4) is 6.07 Å². The van der Waals surface area contributed by atoms with E-state index in [4.69, 9.17) is 5.26 Å². The molecule has 1 N–H and O–H groups in total. The third kappa shape index (κ3) is 2.73. The van der Waals surface area contributed by atoms with Crippen LogP contribution in [-0.4, -0.2) is 51.7 Å². The van der Waals surface area contributed by atoms with E-state index in [0.29, 0.717) is 24.4 Å².